The zero-order valence-corrected chi connectivity index (χ0v) is 35.7. The van der Waals surface area contributed by atoms with Gasteiger partial charge >= 0.3 is 30.0 Å². The molecule has 3 fully saturated rings. The van der Waals surface area contributed by atoms with Gasteiger partial charge in [-0.1, -0.05) is 104 Å². The monoisotopic (exact) mass is 840 g/mol. The Morgan fingerprint density at radius 3 is 1.87 bits per heavy atom. The van der Waals surface area contributed by atoms with Crippen molar-refractivity contribution >= 4 is 35.9 Å². The van der Waals surface area contributed by atoms with Gasteiger partial charge in [-0.25, -0.2) is 24.2 Å². The molecule has 0 unspecified atom stereocenters. The third-order valence-corrected chi connectivity index (χ3v) is 11.7. The highest BCUT2D eigenvalue weighted by Crippen LogP contribution is 2.41. The van der Waals surface area contributed by atoms with Crippen LogP contribution >= 0.6 is 0 Å². The van der Waals surface area contributed by atoms with Crippen LogP contribution in [0.2, 0.25) is 0 Å². The number of hydrogen-bond acceptors (Lipinski definition) is 12. The number of nitrogens with two attached hydrogens (primary N) is 1. The molecule has 0 radical (unpaired) electrons. The summed E-state index contributed by atoms with van der Waals surface area (Å²) in [5.74, 6) is 4.53. The molecule has 1 saturated carbocycles. The average Bonchev–Trinajstić information content (AvgIpc) is 3.79. The Morgan fingerprint density at radius 2 is 1.31 bits per heavy atom. The van der Waals surface area contributed by atoms with E-state index in [0.29, 0.717) is 32.1 Å². The average molecular weight is 841 g/mol. The molecule has 3 aliphatic rings. The maximum absolute atomic E-state index is 14.0. The van der Waals surface area contributed by atoms with Crippen LogP contribution in [0.5, 0.6) is 0 Å². The fourth-order valence-corrected chi connectivity index (χ4v) is 8.45. The van der Waals surface area contributed by atoms with Gasteiger partial charge in [-0.05, 0) is 95.2 Å². The first-order chi connectivity index (χ1) is 29.4. The smallest absolute Gasteiger partial charge is 0.419 e. The summed E-state index contributed by atoms with van der Waals surface area (Å²) in [4.78, 5) is 78.7. The van der Waals surface area contributed by atoms with Crippen LogP contribution in [0.3, 0.4) is 0 Å². The molecule has 14 nitrogen and oxygen atoms in total. The van der Waals surface area contributed by atoms with Gasteiger partial charge in [0.2, 0.25) is 5.91 Å². The van der Waals surface area contributed by atoms with E-state index in [1.165, 1.54) is 9.91 Å². The number of rotatable bonds is 17. The number of hydrogen-bond donors (Lipinski definition) is 1. The van der Waals surface area contributed by atoms with E-state index in [9.17, 15) is 28.8 Å². The summed E-state index contributed by atoms with van der Waals surface area (Å²) in [6.45, 7) is 7.30. The lowest BCUT2D eigenvalue weighted by Gasteiger charge is -2.38. The van der Waals surface area contributed by atoms with Crippen molar-refractivity contribution in [3.8, 4) is 0 Å². The predicted octanol–water partition coefficient (Wildman–Crippen LogP) is 5.94. The van der Waals surface area contributed by atoms with Crippen molar-refractivity contribution in [2.45, 2.75) is 128 Å². The number of ether oxygens (including phenoxy) is 4. The van der Waals surface area contributed by atoms with Crippen molar-refractivity contribution in [3.63, 3.8) is 0 Å². The summed E-state index contributed by atoms with van der Waals surface area (Å²) in [7, 11) is 0. The van der Waals surface area contributed by atoms with Gasteiger partial charge in [-0.15, -0.1) is 0 Å². The summed E-state index contributed by atoms with van der Waals surface area (Å²) in [6.07, 6.45) is 5.74. The number of fused-ring (bicyclic) bond motifs is 1. The number of esters is 4. The van der Waals surface area contributed by atoms with Gasteiger partial charge in [0.15, 0.2) is 0 Å². The Kier molecular flexibility index (Phi) is 17.4. The molecule has 3 aromatic carbocycles. The van der Waals surface area contributed by atoms with E-state index in [4.69, 9.17) is 20.1 Å². The molecule has 2 saturated heterocycles. The molecule has 14 heteroatoms. The van der Waals surface area contributed by atoms with Crippen molar-refractivity contribution in [1.82, 2.24) is 14.8 Å². The molecule has 61 heavy (non-hydrogen) atoms. The van der Waals surface area contributed by atoms with Crippen molar-refractivity contribution in [2.24, 2.45) is 11.8 Å². The van der Waals surface area contributed by atoms with Crippen LogP contribution in [-0.2, 0) is 62.4 Å². The first-order valence-corrected chi connectivity index (χ1v) is 21.5. The standard InChI is InChI=1S/C31H41N3O5.C16H19NO5/c1-3-38-30(36)27(19-18-23-12-6-4-7-13-23)34(32)22(2)29(35)33-26-17-11-10-16-25(26)20-28(33)31(37)39-21-24-14-8-5-9-15-24;1-3-21-15(19)13(10-9-12-7-5-4-6-8-12)17-11(2)14(18)22-16(17)20/h4-9,12-15,22,25-28H,3,10-11,16-21,32H2,1-2H3;4-8,11,13H,3,9-10H2,1-2H3/t22-,25+,26-,27-,28-;11-,13-/m00/s1. The fourth-order valence-electron chi connectivity index (χ4n) is 8.45. The second-order valence-corrected chi connectivity index (χ2v) is 15.7. The highest BCUT2D eigenvalue weighted by molar-refractivity contribution is 5.97. The summed E-state index contributed by atoms with van der Waals surface area (Å²) in [5, 5.41) is 1.33. The number of hydrazine groups is 1. The number of benzene rings is 3. The third-order valence-electron chi connectivity index (χ3n) is 11.7. The third kappa shape index (κ3) is 12.3. The first-order valence-electron chi connectivity index (χ1n) is 21.5. The van der Waals surface area contributed by atoms with Gasteiger partial charge < -0.3 is 23.8 Å². The van der Waals surface area contributed by atoms with Crippen LogP contribution in [0.1, 0.15) is 89.3 Å². The topological polar surface area (TPSA) is 175 Å². The molecule has 1 aliphatic carbocycles. The molecule has 3 aromatic rings. The van der Waals surface area contributed by atoms with Gasteiger partial charge in [-0.3, -0.25) is 20.3 Å². The lowest BCUT2D eigenvalue weighted by molar-refractivity contribution is -0.160. The van der Waals surface area contributed by atoms with Gasteiger partial charge in [0.1, 0.15) is 36.8 Å². The molecule has 0 spiro atoms. The van der Waals surface area contributed by atoms with E-state index in [1.54, 1.807) is 32.6 Å². The van der Waals surface area contributed by atoms with Gasteiger partial charge in [0.05, 0.1) is 13.2 Å². The zero-order valence-electron chi connectivity index (χ0n) is 35.7. The second-order valence-electron chi connectivity index (χ2n) is 15.7. The van der Waals surface area contributed by atoms with Crippen LogP contribution in [0.25, 0.3) is 0 Å². The number of likely N-dealkylation sites (tertiary alicyclic amines) is 1. The number of cyclic esters (lactones) is 2. The van der Waals surface area contributed by atoms with Crippen LogP contribution in [-0.4, -0.2) is 100 Å². The number of carbonyl (C=O) groups is 6. The number of nitrogens with zero attached hydrogens (tertiary/aromatic N) is 3. The van der Waals surface area contributed by atoms with Crippen LogP contribution in [0, 0.1) is 5.92 Å². The predicted molar refractivity (Wildman–Crippen MR) is 226 cm³/mol. The summed E-state index contributed by atoms with van der Waals surface area (Å²) in [5.41, 5.74) is 3.02. The number of aryl methyl sites for hydroxylation is 2. The van der Waals surface area contributed by atoms with Crippen molar-refractivity contribution < 1.29 is 47.7 Å². The lowest BCUT2D eigenvalue weighted by atomic mass is 9.84. The van der Waals surface area contributed by atoms with Crippen LogP contribution in [0.15, 0.2) is 91.0 Å². The van der Waals surface area contributed by atoms with Crippen LogP contribution < -0.4 is 5.84 Å². The molecular weight excluding hydrogens is 781 g/mol. The van der Waals surface area contributed by atoms with Gasteiger partial charge in [0.25, 0.3) is 0 Å². The van der Waals surface area contributed by atoms with Gasteiger partial charge in [-0.2, -0.15) is 0 Å². The van der Waals surface area contributed by atoms with E-state index in [2.05, 4.69) is 4.74 Å². The Morgan fingerprint density at radius 1 is 0.770 bits per heavy atom. The minimum Gasteiger partial charge on any atom is -0.465 e. The maximum Gasteiger partial charge on any atom is 0.419 e. The number of carbonyl (C=O) groups excluding carboxylic acids is 6. The zero-order chi connectivity index (χ0) is 43.9. The molecule has 2 amide bonds. The first kappa shape index (κ1) is 46.5. The Balaban J connectivity index is 0.000000271. The summed E-state index contributed by atoms with van der Waals surface area (Å²) < 4.78 is 20.6. The molecule has 2 N–H and O–H groups in total. The highest BCUT2D eigenvalue weighted by atomic mass is 16.6. The van der Waals surface area contributed by atoms with Crippen LogP contribution in [0.4, 0.5) is 4.79 Å². The number of amides is 2. The van der Waals surface area contributed by atoms with Gasteiger partial charge in [0, 0.05) is 6.04 Å². The molecule has 2 heterocycles. The summed E-state index contributed by atoms with van der Waals surface area (Å²) in [6, 6.07) is 25.1. The Hall–Kier alpha value is -5.60. The van der Waals surface area contributed by atoms with Crippen molar-refractivity contribution in [1.29, 1.82) is 0 Å². The fraction of sp³-hybridized carbons (Fsp3) is 0.489. The lowest BCUT2D eigenvalue weighted by Crippen LogP contribution is -2.59. The largest absolute Gasteiger partial charge is 0.465 e. The Bertz CT molecular complexity index is 1920. The molecule has 7 atom stereocenters. The molecule has 328 valence electrons. The minimum absolute atomic E-state index is 0.0262. The van der Waals surface area contributed by atoms with Crippen molar-refractivity contribution in [2.75, 3.05) is 13.2 Å². The second kappa shape index (κ2) is 22.8. The quantitative estimate of drug-likeness (QED) is 0.0558. The minimum atomic E-state index is -0.825. The van der Waals surface area contributed by atoms with E-state index >= 15 is 0 Å². The van der Waals surface area contributed by atoms with E-state index in [1.807, 2.05) is 91.0 Å². The Labute approximate surface area is 358 Å². The maximum atomic E-state index is 14.0. The normalized spacial score (nSPS) is 21.0. The molecule has 2 aliphatic heterocycles. The van der Waals surface area contributed by atoms with Crippen molar-refractivity contribution in [3.05, 3.63) is 108 Å². The van der Waals surface area contributed by atoms with E-state index in [-0.39, 0.29) is 43.7 Å². The molecular formula is C47H60N4O10. The highest BCUT2D eigenvalue weighted by Gasteiger charge is 2.50. The molecule has 0 bridgehead atoms. The summed E-state index contributed by atoms with van der Waals surface area (Å²) >= 11 is 0. The molecule has 0 aromatic heterocycles. The SMILES string of the molecule is CCOC(=O)[C@H](CCc1ccccc1)N(N)[C@@H](C)C(=O)N1[C@H](C(=O)OCc2ccccc2)C[C@H]2CCCC[C@@H]21.CCOC(=O)[C@H](CCc1ccccc1)N1C(=O)OC(=O)[C@@H]1C. The van der Waals surface area contributed by atoms with E-state index in [0.717, 1.165) is 42.4 Å². The van der Waals surface area contributed by atoms with E-state index < -0.39 is 54.2 Å². The molecule has 6 rings (SSSR count).